The molecule has 2 aromatic rings. The highest BCUT2D eigenvalue weighted by molar-refractivity contribution is 5.90. The number of nitrogens with one attached hydrogen (secondary N) is 2. The third-order valence-electron chi connectivity index (χ3n) is 6.08. The smallest absolute Gasteiger partial charge is 0.408 e. The highest BCUT2D eigenvalue weighted by atomic mass is 16.5. The molecule has 0 heterocycles. The SMILES string of the molecule is COC(=O)[C@H](Cc1ccccc1)NC(=O)[C@@H](NC(=O)OCc1ccccc1)C1(O)CCCCC1. The molecule has 0 spiro atoms. The fraction of sp³-hybridized carbons (Fsp3) is 0.423. The fourth-order valence-electron chi connectivity index (χ4n) is 4.22. The van der Waals surface area contributed by atoms with E-state index in [0.717, 1.165) is 30.4 Å². The Kier molecular flexibility index (Phi) is 9.04. The van der Waals surface area contributed by atoms with Gasteiger partial charge in [-0.2, -0.15) is 0 Å². The molecule has 2 aromatic carbocycles. The van der Waals surface area contributed by atoms with Crippen LogP contribution in [0.25, 0.3) is 0 Å². The van der Waals surface area contributed by atoms with E-state index < -0.39 is 35.7 Å². The lowest BCUT2D eigenvalue weighted by atomic mass is 9.79. The third-order valence-corrected chi connectivity index (χ3v) is 6.08. The number of rotatable bonds is 9. The molecular weight excluding hydrogens is 436 g/mol. The predicted octanol–water partition coefficient (Wildman–Crippen LogP) is 2.88. The molecule has 0 saturated heterocycles. The molecule has 2 amide bonds. The van der Waals surface area contributed by atoms with E-state index in [1.54, 1.807) is 0 Å². The van der Waals surface area contributed by atoms with Crippen molar-refractivity contribution in [2.24, 2.45) is 0 Å². The first-order valence-corrected chi connectivity index (χ1v) is 11.5. The van der Waals surface area contributed by atoms with Crippen molar-refractivity contribution in [3.8, 4) is 0 Å². The molecular formula is C26H32N2O6. The Labute approximate surface area is 199 Å². The molecule has 2 atom stereocenters. The van der Waals surface area contributed by atoms with Gasteiger partial charge in [0.15, 0.2) is 0 Å². The maximum atomic E-state index is 13.3. The zero-order valence-electron chi connectivity index (χ0n) is 19.4. The quantitative estimate of drug-likeness (QED) is 0.488. The number of amides is 2. The summed E-state index contributed by atoms with van der Waals surface area (Å²) in [6.07, 6.45) is 2.49. The predicted molar refractivity (Wildman–Crippen MR) is 126 cm³/mol. The van der Waals surface area contributed by atoms with E-state index in [0.29, 0.717) is 12.8 Å². The van der Waals surface area contributed by atoms with Crippen LogP contribution in [0.5, 0.6) is 0 Å². The Morgan fingerprint density at radius 1 is 0.912 bits per heavy atom. The summed E-state index contributed by atoms with van der Waals surface area (Å²) in [7, 11) is 1.25. The minimum absolute atomic E-state index is 0.0260. The standard InChI is InChI=1S/C26H32N2O6/c1-33-24(30)21(17-19-11-5-2-6-12-19)27-23(29)22(26(32)15-9-4-10-16-26)28-25(31)34-18-20-13-7-3-8-14-20/h2-3,5-8,11-14,21-22,32H,4,9-10,15-18H2,1H3,(H,27,29)(H,28,31)/t21-,22+/m0/s1. The number of hydrogen-bond donors (Lipinski definition) is 3. The molecule has 8 heteroatoms. The van der Waals surface area contributed by atoms with E-state index in [-0.39, 0.29) is 13.0 Å². The van der Waals surface area contributed by atoms with E-state index in [9.17, 15) is 19.5 Å². The van der Waals surface area contributed by atoms with Crippen LogP contribution in [-0.2, 0) is 32.1 Å². The minimum atomic E-state index is -1.44. The molecule has 3 rings (SSSR count). The van der Waals surface area contributed by atoms with E-state index in [1.807, 2.05) is 60.7 Å². The van der Waals surface area contributed by atoms with Gasteiger partial charge in [0.1, 0.15) is 18.7 Å². The molecule has 3 N–H and O–H groups in total. The number of benzene rings is 2. The second-order valence-corrected chi connectivity index (χ2v) is 8.58. The maximum absolute atomic E-state index is 13.3. The van der Waals surface area contributed by atoms with Gasteiger partial charge in [-0.1, -0.05) is 79.9 Å². The van der Waals surface area contributed by atoms with Gasteiger partial charge in [0.05, 0.1) is 12.7 Å². The number of ether oxygens (including phenoxy) is 2. The number of alkyl carbamates (subject to hydrolysis) is 1. The minimum Gasteiger partial charge on any atom is -0.467 e. The first-order valence-electron chi connectivity index (χ1n) is 11.5. The molecule has 8 nitrogen and oxygen atoms in total. The zero-order chi connectivity index (χ0) is 24.4. The summed E-state index contributed by atoms with van der Waals surface area (Å²) in [5.74, 6) is -1.27. The summed E-state index contributed by atoms with van der Waals surface area (Å²) in [5.41, 5.74) is 0.187. The molecule has 182 valence electrons. The first-order chi connectivity index (χ1) is 16.4. The number of aliphatic hydroxyl groups is 1. The van der Waals surface area contributed by atoms with Crippen LogP contribution < -0.4 is 10.6 Å². The molecule has 1 aliphatic carbocycles. The average Bonchev–Trinajstić information content (AvgIpc) is 2.86. The topological polar surface area (TPSA) is 114 Å². The van der Waals surface area contributed by atoms with E-state index in [1.165, 1.54) is 7.11 Å². The Hall–Kier alpha value is -3.39. The van der Waals surface area contributed by atoms with Crippen LogP contribution in [0.1, 0.15) is 43.2 Å². The second kappa shape index (κ2) is 12.2. The van der Waals surface area contributed by atoms with Crippen LogP contribution >= 0.6 is 0 Å². The van der Waals surface area contributed by atoms with Crippen LogP contribution in [0.3, 0.4) is 0 Å². The lowest BCUT2D eigenvalue weighted by molar-refractivity contribution is -0.146. The summed E-state index contributed by atoms with van der Waals surface area (Å²) >= 11 is 0. The molecule has 0 aliphatic heterocycles. The monoisotopic (exact) mass is 468 g/mol. The molecule has 0 unspecified atom stereocenters. The molecule has 1 aliphatic rings. The summed E-state index contributed by atoms with van der Waals surface area (Å²) in [6, 6.07) is 16.1. The van der Waals surface area contributed by atoms with Crippen molar-refractivity contribution in [3.63, 3.8) is 0 Å². The maximum Gasteiger partial charge on any atom is 0.408 e. The lowest BCUT2D eigenvalue weighted by Crippen LogP contribution is -2.62. The van der Waals surface area contributed by atoms with E-state index in [2.05, 4.69) is 10.6 Å². The van der Waals surface area contributed by atoms with Crippen LogP contribution in [0.15, 0.2) is 60.7 Å². The number of hydrogen-bond acceptors (Lipinski definition) is 6. The Bertz CT molecular complexity index is 944. The van der Waals surface area contributed by atoms with Gasteiger partial charge in [-0.05, 0) is 24.0 Å². The van der Waals surface area contributed by atoms with Crippen molar-refractivity contribution in [3.05, 3.63) is 71.8 Å². The highest BCUT2D eigenvalue weighted by Crippen LogP contribution is 2.31. The number of methoxy groups -OCH3 is 1. The van der Waals surface area contributed by atoms with Crippen molar-refractivity contribution in [2.75, 3.05) is 7.11 Å². The van der Waals surface area contributed by atoms with Gasteiger partial charge in [0.25, 0.3) is 0 Å². The summed E-state index contributed by atoms with van der Waals surface area (Å²) in [5, 5.41) is 16.5. The van der Waals surface area contributed by atoms with Crippen molar-refractivity contribution in [2.45, 2.75) is 62.8 Å². The summed E-state index contributed by atoms with van der Waals surface area (Å²) < 4.78 is 10.2. The lowest BCUT2D eigenvalue weighted by Gasteiger charge is -2.38. The van der Waals surface area contributed by atoms with Gasteiger partial charge >= 0.3 is 12.1 Å². The van der Waals surface area contributed by atoms with Gasteiger partial charge in [-0.15, -0.1) is 0 Å². The first kappa shape index (κ1) is 25.2. The molecule has 34 heavy (non-hydrogen) atoms. The molecule has 0 bridgehead atoms. The van der Waals surface area contributed by atoms with Crippen LogP contribution in [0, 0.1) is 0 Å². The van der Waals surface area contributed by atoms with Gasteiger partial charge in [-0.3, -0.25) is 4.79 Å². The Morgan fingerprint density at radius 2 is 1.50 bits per heavy atom. The fourth-order valence-corrected chi connectivity index (χ4v) is 4.22. The normalized spacial score (nSPS) is 16.5. The van der Waals surface area contributed by atoms with Crippen molar-refractivity contribution in [1.29, 1.82) is 0 Å². The third kappa shape index (κ3) is 7.05. The average molecular weight is 469 g/mol. The van der Waals surface area contributed by atoms with Gasteiger partial charge in [-0.25, -0.2) is 9.59 Å². The molecule has 1 fully saturated rings. The Balaban J connectivity index is 1.73. The highest BCUT2D eigenvalue weighted by Gasteiger charge is 2.44. The van der Waals surface area contributed by atoms with Gasteiger partial charge < -0.3 is 25.2 Å². The molecule has 0 radical (unpaired) electrons. The largest absolute Gasteiger partial charge is 0.467 e. The van der Waals surface area contributed by atoms with Crippen molar-refractivity contribution in [1.82, 2.24) is 10.6 Å². The number of carbonyl (C=O) groups excluding carboxylic acids is 3. The van der Waals surface area contributed by atoms with Crippen molar-refractivity contribution < 1.29 is 29.0 Å². The summed E-state index contributed by atoms with van der Waals surface area (Å²) in [4.78, 5) is 38.3. The van der Waals surface area contributed by atoms with E-state index in [4.69, 9.17) is 9.47 Å². The molecule has 1 saturated carbocycles. The van der Waals surface area contributed by atoms with Gasteiger partial charge in [0, 0.05) is 6.42 Å². The van der Waals surface area contributed by atoms with E-state index >= 15 is 0 Å². The zero-order valence-corrected chi connectivity index (χ0v) is 19.4. The van der Waals surface area contributed by atoms with Crippen molar-refractivity contribution >= 4 is 18.0 Å². The number of carbonyl (C=O) groups is 3. The van der Waals surface area contributed by atoms with Crippen LogP contribution in [-0.4, -0.2) is 47.9 Å². The van der Waals surface area contributed by atoms with Crippen LogP contribution in [0.4, 0.5) is 4.79 Å². The van der Waals surface area contributed by atoms with Crippen LogP contribution in [0.2, 0.25) is 0 Å². The second-order valence-electron chi connectivity index (χ2n) is 8.58. The van der Waals surface area contributed by atoms with Gasteiger partial charge in [0.2, 0.25) is 5.91 Å². The Morgan fingerprint density at radius 3 is 2.09 bits per heavy atom. The summed E-state index contributed by atoms with van der Waals surface area (Å²) in [6.45, 7) is 0.0260. The molecule has 0 aromatic heterocycles. The number of esters is 1.